The van der Waals surface area contributed by atoms with Gasteiger partial charge in [0.25, 0.3) is 0 Å². The zero-order chi connectivity index (χ0) is 12.4. The van der Waals surface area contributed by atoms with Crippen molar-refractivity contribution in [3.05, 3.63) is 11.6 Å². The van der Waals surface area contributed by atoms with E-state index in [0.29, 0.717) is 12.6 Å². The molecule has 0 bridgehead atoms. The van der Waals surface area contributed by atoms with Crippen LogP contribution in [-0.4, -0.2) is 33.3 Å². The molecule has 0 saturated heterocycles. The van der Waals surface area contributed by atoms with Crippen molar-refractivity contribution in [1.29, 1.82) is 0 Å². The summed E-state index contributed by atoms with van der Waals surface area (Å²) < 4.78 is 2.26. The van der Waals surface area contributed by atoms with Crippen LogP contribution in [0.5, 0.6) is 0 Å². The fourth-order valence-corrected chi connectivity index (χ4v) is 2.50. The van der Waals surface area contributed by atoms with Crippen LogP contribution in [0.15, 0.2) is 4.99 Å². The zero-order valence-corrected chi connectivity index (χ0v) is 10.8. The molecule has 0 aromatic carbocycles. The molecule has 2 aliphatic rings. The molecule has 3 rings (SSSR count). The summed E-state index contributed by atoms with van der Waals surface area (Å²) in [5.41, 5.74) is 0. The maximum absolute atomic E-state index is 4.38. The Hall–Kier alpha value is -1.59. The first kappa shape index (κ1) is 11.5. The van der Waals surface area contributed by atoms with E-state index in [0.717, 1.165) is 37.1 Å². The second-order valence-corrected chi connectivity index (χ2v) is 5.08. The van der Waals surface area contributed by atoms with E-state index in [9.17, 15) is 0 Å². The third kappa shape index (κ3) is 2.32. The van der Waals surface area contributed by atoms with Crippen LogP contribution in [0.1, 0.15) is 37.8 Å². The lowest BCUT2D eigenvalue weighted by molar-refractivity contribution is 0.597. The molecule has 18 heavy (non-hydrogen) atoms. The van der Waals surface area contributed by atoms with Crippen molar-refractivity contribution in [2.45, 2.75) is 51.7 Å². The van der Waals surface area contributed by atoms with Crippen molar-refractivity contribution >= 4 is 5.96 Å². The Labute approximate surface area is 107 Å². The van der Waals surface area contributed by atoms with Crippen LogP contribution >= 0.6 is 0 Å². The fourth-order valence-electron chi connectivity index (χ4n) is 2.50. The monoisotopic (exact) mass is 248 g/mol. The van der Waals surface area contributed by atoms with Crippen LogP contribution in [0.4, 0.5) is 0 Å². The highest BCUT2D eigenvalue weighted by Gasteiger charge is 2.16. The molecule has 0 saturated carbocycles. The molecule has 2 aliphatic heterocycles. The van der Waals surface area contributed by atoms with E-state index in [1.165, 1.54) is 19.3 Å². The molecule has 2 N–H and O–H groups in total. The standard InChI is InChI=1S/C12H20N6/c1-9-7-13-12(15-9)14-8-11-17-16-10-5-3-2-4-6-18(10)11/h9H,2-8H2,1H3,(H2,13,14,15). The van der Waals surface area contributed by atoms with Crippen molar-refractivity contribution in [3.8, 4) is 0 Å². The van der Waals surface area contributed by atoms with Gasteiger partial charge in [0.05, 0.1) is 13.1 Å². The van der Waals surface area contributed by atoms with Gasteiger partial charge < -0.3 is 15.2 Å². The van der Waals surface area contributed by atoms with Crippen molar-refractivity contribution < 1.29 is 0 Å². The molecule has 0 spiro atoms. The number of aliphatic imine (C=N–C) groups is 1. The average Bonchev–Trinajstić information content (AvgIpc) is 2.87. The van der Waals surface area contributed by atoms with E-state index in [2.05, 4.69) is 37.3 Å². The highest BCUT2D eigenvalue weighted by atomic mass is 15.3. The minimum absolute atomic E-state index is 0.433. The van der Waals surface area contributed by atoms with Crippen LogP contribution < -0.4 is 10.6 Å². The van der Waals surface area contributed by atoms with Crippen LogP contribution in [-0.2, 0) is 19.5 Å². The van der Waals surface area contributed by atoms with Crippen molar-refractivity contribution in [3.63, 3.8) is 0 Å². The molecule has 1 atom stereocenters. The molecular formula is C12H20N6. The van der Waals surface area contributed by atoms with Crippen LogP contribution in [0.2, 0.25) is 0 Å². The van der Waals surface area contributed by atoms with Crippen molar-refractivity contribution in [1.82, 2.24) is 25.4 Å². The Kier molecular flexibility index (Phi) is 3.17. The number of nitrogens with one attached hydrogen (secondary N) is 2. The predicted molar refractivity (Wildman–Crippen MR) is 69.3 cm³/mol. The smallest absolute Gasteiger partial charge is 0.191 e. The van der Waals surface area contributed by atoms with Gasteiger partial charge in [-0.1, -0.05) is 6.42 Å². The molecule has 1 aromatic heterocycles. The Bertz CT molecular complexity index is 449. The predicted octanol–water partition coefficient (Wildman–Crippen LogP) is 0.442. The lowest BCUT2D eigenvalue weighted by Gasteiger charge is -2.10. The van der Waals surface area contributed by atoms with Crippen LogP contribution in [0.25, 0.3) is 0 Å². The van der Waals surface area contributed by atoms with Gasteiger partial charge in [0, 0.05) is 19.0 Å². The number of hydrogen-bond acceptors (Lipinski definition) is 5. The maximum Gasteiger partial charge on any atom is 0.191 e. The first-order valence-corrected chi connectivity index (χ1v) is 6.79. The third-order valence-corrected chi connectivity index (χ3v) is 3.51. The number of fused-ring (bicyclic) bond motifs is 1. The minimum atomic E-state index is 0.433. The summed E-state index contributed by atoms with van der Waals surface area (Å²) in [6.45, 7) is 4.72. The fraction of sp³-hybridized carbons (Fsp3) is 0.750. The Balaban J connectivity index is 1.64. The topological polar surface area (TPSA) is 67.1 Å². The molecule has 98 valence electrons. The van der Waals surface area contributed by atoms with Gasteiger partial charge in [-0.2, -0.15) is 0 Å². The lowest BCUT2D eigenvalue weighted by atomic mass is 10.2. The van der Waals surface area contributed by atoms with E-state index in [1.54, 1.807) is 0 Å². The number of hydrogen-bond donors (Lipinski definition) is 2. The Morgan fingerprint density at radius 1 is 1.33 bits per heavy atom. The minimum Gasteiger partial charge on any atom is -0.352 e. The second kappa shape index (κ2) is 4.96. The van der Waals surface area contributed by atoms with Gasteiger partial charge in [0.2, 0.25) is 0 Å². The summed E-state index contributed by atoms with van der Waals surface area (Å²) in [5.74, 6) is 3.04. The normalized spacial score (nSPS) is 22.9. The van der Waals surface area contributed by atoms with Gasteiger partial charge in [-0.3, -0.25) is 4.99 Å². The summed E-state index contributed by atoms with van der Waals surface area (Å²) in [6, 6.07) is 0.433. The number of aryl methyl sites for hydroxylation is 1. The summed E-state index contributed by atoms with van der Waals surface area (Å²) in [7, 11) is 0. The van der Waals surface area contributed by atoms with Gasteiger partial charge in [-0.25, -0.2) is 0 Å². The molecule has 1 unspecified atom stereocenters. The largest absolute Gasteiger partial charge is 0.352 e. The number of rotatable bonds is 2. The zero-order valence-electron chi connectivity index (χ0n) is 10.8. The van der Waals surface area contributed by atoms with Gasteiger partial charge in [0.1, 0.15) is 5.82 Å². The van der Waals surface area contributed by atoms with Crippen LogP contribution in [0.3, 0.4) is 0 Å². The average molecular weight is 248 g/mol. The lowest BCUT2D eigenvalue weighted by Crippen LogP contribution is -2.37. The maximum atomic E-state index is 4.38. The molecule has 6 nitrogen and oxygen atoms in total. The molecule has 6 heteroatoms. The molecule has 0 radical (unpaired) electrons. The van der Waals surface area contributed by atoms with E-state index in [-0.39, 0.29) is 0 Å². The summed E-state index contributed by atoms with van der Waals surface area (Å²) >= 11 is 0. The quantitative estimate of drug-likeness (QED) is 0.797. The molecule has 0 amide bonds. The summed E-state index contributed by atoms with van der Waals surface area (Å²) in [4.78, 5) is 4.38. The molecule has 3 heterocycles. The summed E-state index contributed by atoms with van der Waals surface area (Å²) in [5, 5.41) is 15.2. The molecular weight excluding hydrogens is 228 g/mol. The van der Waals surface area contributed by atoms with Crippen molar-refractivity contribution in [2.24, 2.45) is 4.99 Å². The van der Waals surface area contributed by atoms with E-state index < -0.39 is 0 Å². The number of nitrogens with zero attached hydrogens (tertiary/aromatic N) is 4. The summed E-state index contributed by atoms with van der Waals surface area (Å²) in [6.07, 6.45) is 4.82. The van der Waals surface area contributed by atoms with E-state index in [4.69, 9.17) is 0 Å². The Morgan fingerprint density at radius 2 is 2.28 bits per heavy atom. The number of aromatic nitrogens is 3. The van der Waals surface area contributed by atoms with Gasteiger partial charge in [-0.05, 0) is 19.8 Å². The second-order valence-electron chi connectivity index (χ2n) is 5.08. The first-order chi connectivity index (χ1) is 8.83. The molecule has 1 aromatic rings. The van der Waals surface area contributed by atoms with Gasteiger partial charge in [0.15, 0.2) is 11.8 Å². The van der Waals surface area contributed by atoms with Crippen molar-refractivity contribution in [2.75, 3.05) is 6.54 Å². The number of guanidine groups is 1. The van der Waals surface area contributed by atoms with Crippen LogP contribution in [0, 0.1) is 0 Å². The van der Waals surface area contributed by atoms with E-state index in [1.807, 2.05) is 0 Å². The molecule has 0 aliphatic carbocycles. The first-order valence-electron chi connectivity index (χ1n) is 6.79. The van der Waals surface area contributed by atoms with Gasteiger partial charge in [-0.15, -0.1) is 10.2 Å². The highest BCUT2D eigenvalue weighted by molar-refractivity contribution is 5.81. The van der Waals surface area contributed by atoms with Gasteiger partial charge >= 0.3 is 0 Å². The Morgan fingerprint density at radius 3 is 3.11 bits per heavy atom. The van der Waals surface area contributed by atoms with E-state index >= 15 is 0 Å². The SMILES string of the molecule is CC1CN=C(NCc2nnc3n2CCCCC3)N1. The third-order valence-electron chi connectivity index (χ3n) is 3.51. The molecule has 0 fully saturated rings. The highest BCUT2D eigenvalue weighted by Crippen LogP contribution is 2.14.